The van der Waals surface area contributed by atoms with Crippen LogP contribution < -0.4 is 5.32 Å². The van der Waals surface area contributed by atoms with Crippen LogP contribution in [0.2, 0.25) is 0 Å². The molecule has 1 amide bonds. The molecule has 1 aromatic carbocycles. The smallest absolute Gasteiger partial charge is 0.230 e. The van der Waals surface area contributed by atoms with E-state index in [-0.39, 0.29) is 5.91 Å². The zero-order chi connectivity index (χ0) is 16.6. The molecule has 1 saturated carbocycles. The van der Waals surface area contributed by atoms with Crippen LogP contribution >= 0.6 is 34.9 Å². The zero-order valence-electron chi connectivity index (χ0n) is 13.4. The largest absolute Gasteiger partial charge is 0.353 e. The third-order valence-electron chi connectivity index (χ3n) is 3.89. The van der Waals surface area contributed by atoms with Crippen LogP contribution in [0.1, 0.15) is 37.7 Å². The van der Waals surface area contributed by atoms with Crippen molar-refractivity contribution in [2.24, 2.45) is 0 Å². The second-order valence-corrected chi connectivity index (χ2v) is 9.22. The van der Waals surface area contributed by atoms with E-state index in [1.54, 1.807) is 23.1 Å². The molecule has 24 heavy (non-hydrogen) atoms. The Morgan fingerprint density at radius 2 is 1.79 bits per heavy atom. The summed E-state index contributed by atoms with van der Waals surface area (Å²) in [7, 11) is 0. The van der Waals surface area contributed by atoms with Gasteiger partial charge in [0.15, 0.2) is 8.68 Å². The molecule has 4 nitrogen and oxygen atoms in total. The Hall–Kier alpha value is -1.05. The summed E-state index contributed by atoms with van der Waals surface area (Å²) < 4.78 is 1.82. The lowest BCUT2D eigenvalue weighted by atomic mass is 9.95. The monoisotopic (exact) mass is 379 g/mol. The number of hydrogen-bond acceptors (Lipinski definition) is 6. The number of nitrogens with one attached hydrogen (secondary N) is 1. The average Bonchev–Trinajstić information content (AvgIpc) is 3.08. The van der Waals surface area contributed by atoms with Gasteiger partial charge in [0.05, 0.1) is 5.75 Å². The molecule has 7 heteroatoms. The lowest BCUT2D eigenvalue weighted by molar-refractivity contribution is -0.119. The van der Waals surface area contributed by atoms with Gasteiger partial charge in [-0.25, -0.2) is 0 Å². The average molecular weight is 380 g/mol. The molecule has 0 saturated heterocycles. The van der Waals surface area contributed by atoms with Gasteiger partial charge in [0.2, 0.25) is 5.91 Å². The van der Waals surface area contributed by atoms with Gasteiger partial charge in [0.1, 0.15) is 0 Å². The third kappa shape index (κ3) is 5.79. The number of aromatic nitrogens is 2. The highest BCUT2D eigenvalue weighted by atomic mass is 32.2. The fraction of sp³-hybridized carbons (Fsp3) is 0.471. The highest BCUT2D eigenvalue weighted by Crippen LogP contribution is 2.30. The number of thioether (sulfide) groups is 2. The summed E-state index contributed by atoms with van der Waals surface area (Å²) in [6, 6.07) is 10.7. The van der Waals surface area contributed by atoms with Gasteiger partial charge in [-0.2, -0.15) is 0 Å². The number of hydrogen-bond donors (Lipinski definition) is 1. The number of carbonyl (C=O) groups excluding carboxylic acids is 1. The van der Waals surface area contributed by atoms with E-state index in [0.29, 0.717) is 11.8 Å². The van der Waals surface area contributed by atoms with Crippen molar-refractivity contribution in [3.05, 3.63) is 35.9 Å². The molecule has 1 aliphatic rings. The molecule has 0 bridgehead atoms. The van der Waals surface area contributed by atoms with E-state index in [0.717, 1.165) is 27.3 Å². The van der Waals surface area contributed by atoms with Crippen LogP contribution in [0, 0.1) is 0 Å². The maximum absolute atomic E-state index is 12.0. The summed E-state index contributed by atoms with van der Waals surface area (Å²) in [4.78, 5) is 12.0. The first-order chi connectivity index (χ1) is 11.8. The fourth-order valence-corrected chi connectivity index (χ4v) is 5.46. The van der Waals surface area contributed by atoms with Crippen LogP contribution in [-0.4, -0.2) is 27.9 Å². The Morgan fingerprint density at radius 1 is 1.08 bits per heavy atom. The van der Waals surface area contributed by atoms with Crippen molar-refractivity contribution in [1.82, 2.24) is 15.5 Å². The summed E-state index contributed by atoms with van der Waals surface area (Å²) in [5, 5.41) is 11.5. The van der Waals surface area contributed by atoms with E-state index in [1.807, 2.05) is 18.2 Å². The van der Waals surface area contributed by atoms with E-state index < -0.39 is 0 Å². The Balaban J connectivity index is 1.40. The van der Waals surface area contributed by atoms with Gasteiger partial charge in [0, 0.05) is 11.8 Å². The number of rotatable bonds is 7. The highest BCUT2D eigenvalue weighted by Gasteiger charge is 2.16. The van der Waals surface area contributed by atoms with Crippen LogP contribution in [0.5, 0.6) is 0 Å². The quantitative estimate of drug-likeness (QED) is 0.724. The van der Waals surface area contributed by atoms with E-state index in [4.69, 9.17) is 0 Å². The topological polar surface area (TPSA) is 54.9 Å². The molecule has 0 atom stereocenters. The number of benzene rings is 1. The molecule has 1 N–H and O–H groups in total. The molecule has 1 fully saturated rings. The summed E-state index contributed by atoms with van der Waals surface area (Å²) in [5.41, 5.74) is 1.28. The van der Waals surface area contributed by atoms with Crippen LogP contribution in [0.25, 0.3) is 0 Å². The number of amides is 1. The van der Waals surface area contributed by atoms with Crippen molar-refractivity contribution >= 4 is 40.8 Å². The molecular weight excluding hydrogens is 358 g/mol. The van der Waals surface area contributed by atoms with E-state index in [9.17, 15) is 4.79 Å². The van der Waals surface area contributed by atoms with Gasteiger partial charge in [-0.3, -0.25) is 4.79 Å². The van der Waals surface area contributed by atoms with Crippen molar-refractivity contribution in [2.75, 3.05) is 5.75 Å². The van der Waals surface area contributed by atoms with Crippen molar-refractivity contribution in [1.29, 1.82) is 0 Å². The first-order valence-electron chi connectivity index (χ1n) is 8.22. The number of carbonyl (C=O) groups is 1. The molecule has 0 radical (unpaired) electrons. The highest BCUT2D eigenvalue weighted by molar-refractivity contribution is 8.03. The maximum Gasteiger partial charge on any atom is 0.230 e. The van der Waals surface area contributed by atoms with Crippen LogP contribution in [0.3, 0.4) is 0 Å². The van der Waals surface area contributed by atoms with Crippen molar-refractivity contribution < 1.29 is 4.79 Å². The lowest BCUT2D eigenvalue weighted by Gasteiger charge is -2.22. The SMILES string of the molecule is O=C(CSc1nnc(SCc2ccccc2)s1)NC1CCCCC1. The summed E-state index contributed by atoms with van der Waals surface area (Å²) >= 11 is 4.73. The van der Waals surface area contributed by atoms with E-state index in [2.05, 4.69) is 27.6 Å². The summed E-state index contributed by atoms with van der Waals surface area (Å²) in [6.07, 6.45) is 6.01. The van der Waals surface area contributed by atoms with Crippen molar-refractivity contribution in [3.63, 3.8) is 0 Å². The minimum Gasteiger partial charge on any atom is -0.353 e. The predicted molar refractivity (Wildman–Crippen MR) is 102 cm³/mol. The molecule has 0 spiro atoms. The van der Waals surface area contributed by atoms with Gasteiger partial charge in [0.25, 0.3) is 0 Å². The molecule has 1 heterocycles. The van der Waals surface area contributed by atoms with Gasteiger partial charge < -0.3 is 5.32 Å². The molecule has 0 aliphatic heterocycles. The molecular formula is C17H21N3OS3. The van der Waals surface area contributed by atoms with Gasteiger partial charge in [-0.15, -0.1) is 10.2 Å². The predicted octanol–water partition coefficient (Wildman–Crippen LogP) is 4.37. The summed E-state index contributed by atoms with van der Waals surface area (Å²) in [5.74, 6) is 1.43. The van der Waals surface area contributed by atoms with E-state index in [1.165, 1.54) is 36.6 Å². The minimum atomic E-state index is 0.112. The Bertz CT molecular complexity index is 642. The fourth-order valence-electron chi connectivity index (χ4n) is 2.68. The molecule has 1 aliphatic carbocycles. The summed E-state index contributed by atoms with van der Waals surface area (Å²) in [6.45, 7) is 0. The Labute approximate surface area is 155 Å². The maximum atomic E-state index is 12.0. The second-order valence-electron chi connectivity index (χ2n) is 5.80. The molecule has 2 aromatic rings. The Kier molecular flexibility index (Phi) is 6.98. The van der Waals surface area contributed by atoms with Gasteiger partial charge in [-0.1, -0.05) is 84.5 Å². The standard InChI is InChI=1S/C17H21N3OS3/c21-15(18-14-9-5-2-6-10-14)12-23-17-20-19-16(24-17)22-11-13-7-3-1-4-8-13/h1,3-4,7-8,14H,2,5-6,9-12H2,(H,18,21). The lowest BCUT2D eigenvalue weighted by Crippen LogP contribution is -2.37. The van der Waals surface area contributed by atoms with E-state index >= 15 is 0 Å². The third-order valence-corrected chi connectivity index (χ3v) is 7.15. The minimum absolute atomic E-state index is 0.112. The van der Waals surface area contributed by atoms with Gasteiger partial charge >= 0.3 is 0 Å². The van der Waals surface area contributed by atoms with Crippen molar-refractivity contribution in [2.45, 2.75) is 52.6 Å². The van der Waals surface area contributed by atoms with Gasteiger partial charge in [-0.05, 0) is 18.4 Å². The van der Waals surface area contributed by atoms with Crippen LogP contribution in [-0.2, 0) is 10.5 Å². The van der Waals surface area contributed by atoms with Crippen LogP contribution in [0.15, 0.2) is 39.0 Å². The molecule has 0 unspecified atom stereocenters. The second kappa shape index (κ2) is 9.44. The number of nitrogens with zero attached hydrogens (tertiary/aromatic N) is 2. The first-order valence-corrected chi connectivity index (χ1v) is 11.0. The van der Waals surface area contributed by atoms with Crippen molar-refractivity contribution in [3.8, 4) is 0 Å². The molecule has 1 aromatic heterocycles. The zero-order valence-corrected chi connectivity index (χ0v) is 15.9. The molecule has 3 rings (SSSR count). The molecule has 128 valence electrons. The first kappa shape index (κ1) is 17.8. The Morgan fingerprint density at radius 3 is 2.54 bits per heavy atom. The van der Waals surface area contributed by atoms with Crippen LogP contribution in [0.4, 0.5) is 0 Å². The normalized spacial score (nSPS) is 15.3.